The summed E-state index contributed by atoms with van der Waals surface area (Å²) in [5, 5.41) is 14.0. The minimum Gasteiger partial charge on any atom is -0.387 e. The molecule has 1 aromatic carbocycles. The third kappa shape index (κ3) is 3.05. The van der Waals surface area contributed by atoms with Crippen LogP contribution in [0.2, 0.25) is 0 Å². The van der Waals surface area contributed by atoms with Gasteiger partial charge in [0.05, 0.1) is 11.8 Å². The lowest BCUT2D eigenvalue weighted by atomic mass is 10.1. The fourth-order valence-electron chi connectivity index (χ4n) is 1.53. The summed E-state index contributed by atoms with van der Waals surface area (Å²) in [6.07, 6.45) is -0.499. The van der Waals surface area contributed by atoms with Crippen LogP contribution in [0.1, 0.15) is 22.2 Å². The van der Waals surface area contributed by atoms with E-state index >= 15 is 0 Å². The Hall–Kier alpha value is -1.39. The molecule has 0 saturated carbocycles. The van der Waals surface area contributed by atoms with Crippen LogP contribution < -0.4 is 5.32 Å². The van der Waals surface area contributed by atoms with Gasteiger partial charge >= 0.3 is 0 Å². The molecule has 1 unspecified atom stereocenters. The first-order valence-corrected chi connectivity index (χ1v) is 6.39. The van der Waals surface area contributed by atoms with Crippen LogP contribution in [0.15, 0.2) is 30.3 Å². The summed E-state index contributed by atoms with van der Waals surface area (Å²) in [5.41, 5.74) is 1.97. The minimum atomic E-state index is -0.499. The third-order valence-electron chi connectivity index (χ3n) is 2.66. The predicted molar refractivity (Wildman–Crippen MR) is 71.5 cm³/mol. The molecule has 1 heterocycles. The molecule has 1 atom stereocenters. The quantitative estimate of drug-likeness (QED) is 0.874. The lowest BCUT2D eigenvalue weighted by molar-refractivity contribution is 0.191. The normalized spacial score (nSPS) is 12.4. The zero-order valence-electron chi connectivity index (χ0n) is 9.97. The van der Waals surface area contributed by atoms with Gasteiger partial charge in [-0.3, -0.25) is 0 Å². The van der Waals surface area contributed by atoms with Crippen molar-refractivity contribution in [1.29, 1.82) is 0 Å². The Kier molecular flexibility index (Phi) is 3.76. The second kappa shape index (κ2) is 5.29. The molecule has 2 rings (SSSR count). The fourth-order valence-corrected chi connectivity index (χ4v) is 2.35. The highest BCUT2D eigenvalue weighted by atomic mass is 32.1. The third-order valence-corrected chi connectivity index (χ3v) is 3.69. The SMILES string of the molecule is Cc1nc(NCC(O)c2ccccc2)sc1C. The highest BCUT2D eigenvalue weighted by molar-refractivity contribution is 7.15. The van der Waals surface area contributed by atoms with Gasteiger partial charge in [-0.15, -0.1) is 11.3 Å². The van der Waals surface area contributed by atoms with Gasteiger partial charge in [-0.2, -0.15) is 0 Å². The number of hydrogen-bond acceptors (Lipinski definition) is 4. The van der Waals surface area contributed by atoms with E-state index < -0.39 is 6.10 Å². The second-order valence-corrected chi connectivity index (χ2v) is 5.17. The molecule has 2 aromatic rings. The Morgan fingerprint density at radius 3 is 2.59 bits per heavy atom. The van der Waals surface area contributed by atoms with Gasteiger partial charge in [0.1, 0.15) is 0 Å². The van der Waals surface area contributed by atoms with Crippen LogP contribution in [0, 0.1) is 13.8 Å². The summed E-state index contributed by atoms with van der Waals surface area (Å²) < 4.78 is 0. The molecule has 0 radical (unpaired) electrons. The molecule has 3 nitrogen and oxygen atoms in total. The molecule has 1 aromatic heterocycles. The van der Waals surface area contributed by atoms with Crippen molar-refractivity contribution in [3.8, 4) is 0 Å². The van der Waals surface area contributed by atoms with E-state index in [-0.39, 0.29) is 0 Å². The van der Waals surface area contributed by atoms with Gasteiger partial charge in [-0.05, 0) is 19.4 Å². The van der Waals surface area contributed by atoms with Gasteiger partial charge in [0.2, 0.25) is 0 Å². The van der Waals surface area contributed by atoms with Crippen LogP contribution in [0.4, 0.5) is 5.13 Å². The minimum absolute atomic E-state index is 0.483. The summed E-state index contributed by atoms with van der Waals surface area (Å²) in [4.78, 5) is 5.58. The molecule has 0 amide bonds. The Labute approximate surface area is 105 Å². The van der Waals surface area contributed by atoms with E-state index in [0.717, 1.165) is 16.4 Å². The molecule has 17 heavy (non-hydrogen) atoms. The first kappa shape index (κ1) is 12.1. The zero-order valence-corrected chi connectivity index (χ0v) is 10.8. The number of nitrogens with one attached hydrogen (secondary N) is 1. The molecule has 0 aliphatic rings. The Morgan fingerprint density at radius 2 is 2.00 bits per heavy atom. The number of aliphatic hydroxyl groups excluding tert-OH is 1. The molecule has 0 fully saturated rings. The largest absolute Gasteiger partial charge is 0.387 e. The smallest absolute Gasteiger partial charge is 0.183 e. The number of thiazole rings is 1. The number of aliphatic hydroxyl groups is 1. The summed E-state index contributed by atoms with van der Waals surface area (Å²) in [6.45, 7) is 4.52. The molecule has 4 heteroatoms. The van der Waals surface area contributed by atoms with Crippen molar-refractivity contribution in [3.05, 3.63) is 46.5 Å². The monoisotopic (exact) mass is 248 g/mol. The van der Waals surface area contributed by atoms with E-state index in [9.17, 15) is 5.11 Å². The van der Waals surface area contributed by atoms with Crippen molar-refractivity contribution < 1.29 is 5.11 Å². The van der Waals surface area contributed by atoms with Crippen LogP contribution in [0.25, 0.3) is 0 Å². The van der Waals surface area contributed by atoms with Gasteiger partial charge in [0.25, 0.3) is 0 Å². The van der Waals surface area contributed by atoms with Crippen molar-refractivity contribution in [3.63, 3.8) is 0 Å². The van der Waals surface area contributed by atoms with E-state index in [1.165, 1.54) is 4.88 Å². The van der Waals surface area contributed by atoms with Gasteiger partial charge < -0.3 is 10.4 Å². The van der Waals surface area contributed by atoms with E-state index in [0.29, 0.717) is 6.54 Å². The number of aryl methyl sites for hydroxylation is 2. The summed E-state index contributed by atoms with van der Waals surface area (Å²) in [5.74, 6) is 0. The standard InChI is InChI=1S/C13H16N2OS/c1-9-10(2)17-13(15-9)14-8-12(16)11-6-4-3-5-7-11/h3-7,12,16H,8H2,1-2H3,(H,14,15). The molecule has 0 bridgehead atoms. The maximum Gasteiger partial charge on any atom is 0.183 e. The van der Waals surface area contributed by atoms with Gasteiger partial charge in [-0.25, -0.2) is 4.98 Å². The number of aromatic nitrogens is 1. The maximum absolute atomic E-state index is 9.97. The number of rotatable bonds is 4. The number of benzene rings is 1. The average Bonchev–Trinajstić information content (AvgIpc) is 2.67. The van der Waals surface area contributed by atoms with Gasteiger partial charge in [0.15, 0.2) is 5.13 Å². The van der Waals surface area contributed by atoms with Crippen molar-refractivity contribution in [1.82, 2.24) is 4.98 Å². The van der Waals surface area contributed by atoms with Gasteiger partial charge in [0, 0.05) is 11.4 Å². The number of anilines is 1. The Morgan fingerprint density at radius 1 is 1.29 bits per heavy atom. The molecule has 0 saturated heterocycles. The first-order chi connectivity index (χ1) is 8.16. The average molecular weight is 248 g/mol. The lowest BCUT2D eigenvalue weighted by Gasteiger charge is -2.11. The van der Waals surface area contributed by atoms with E-state index in [2.05, 4.69) is 10.3 Å². The molecular weight excluding hydrogens is 232 g/mol. The van der Waals surface area contributed by atoms with E-state index in [4.69, 9.17) is 0 Å². The highest BCUT2D eigenvalue weighted by Gasteiger charge is 2.08. The summed E-state index contributed by atoms with van der Waals surface area (Å²) in [6, 6.07) is 9.64. The molecule has 2 N–H and O–H groups in total. The van der Waals surface area contributed by atoms with E-state index in [1.54, 1.807) is 11.3 Å². The highest BCUT2D eigenvalue weighted by Crippen LogP contribution is 2.22. The fraction of sp³-hybridized carbons (Fsp3) is 0.308. The summed E-state index contributed by atoms with van der Waals surface area (Å²) in [7, 11) is 0. The molecule has 0 aliphatic carbocycles. The molecule has 0 aliphatic heterocycles. The second-order valence-electron chi connectivity index (χ2n) is 3.97. The molecule has 90 valence electrons. The summed E-state index contributed by atoms with van der Waals surface area (Å²) >= 11 is 1.62. The maximum atomic E-state index is 9.97. The Bertz CT molecular complexity index is 462. The van der Waals surface area contributed by atoms with Crippen LogP contribution >= 0.6 is 11.3 Å². The van der Waals surface area contributed by atoms with Crippen LogP contribution in [0.5, 0.6) is 0 Å². The first-order valence-electron chi connectivity index (χ1n) is 5.57. The number of nitrogens with zero attached hydrogens (tertiary/aromatic N) is 1. The van der Waals surface area contributed by atoms with Crippen LogP contribution in [-0.4, -0.2) is 16.6 Å². The zero-order chi connectivity index (χ0) is 12.3. The van der Waals surface area contributed by atoms with Crippen molar-refractivity contribution >= 4 is 16.5 Å². The van der Waals surface area contributed by atoms with Crippen LogP contribution in [-0.2, 0) is 0 Å². The Balaban J connectivity index is 1.94. The van der Waals surface area contributed by atoms with Crippen molar-refractivity contribution in [2.24, 2.45) is 0 Å². The molecule has 0 spiro atoms. The van der Waals surface area contributed by atoms with E-state index in [1.807, 2.05) is 44.2 Å². The van der Waals surface area contributed by atoms with Crippen molar-refractivity contribution in [2.45, 2.75) is 20.0 Å². The topological polar surface area (TPSA) is 45.2 Å². The van der Waals surface area contributed by atoms with Crippen molar-refractivity contribution in [2.75, 3.05) is 11.9 Å². The molecular formula is C13H16N2OS. The number of hydrogen-bond donors (Lipinski definition) is 2. The van der Waals surface area contributed by atoms with Crippen LogP contribution in [0.3, 0.4) is 0 Å². The predicted octanol–water partition coefficient (Wildman–Crippen LogP) is 2.91. The van der Waals surface area contributed by atoms with Gasteiger partial charge in [-0.1, -0.05) is 30.3 Å². The lowest BCUT2D eigenvalue weighted by Crippen LogP contribution is -2.11.